The quantitative estimate of drug-likeness (QED) is 0.899. The van der Waals surface area contributed by atoms with Gasteiger partial charge in [-0.2, -0.15) is 18.3 Å². The van der Waals surface area contributed by atoms with Gasteiger partial charge in [0, 0.05) is 18.9 Å². The molecule has 25 heavy (non-hydrogen) atoms. The van der Waals surface area contributed by atoms with Gasteiger partial charge in [-0.05, 0) is 23.6 Å². The number of hydrogen-bond donors (Lipinski definition) is 1. The summed E-state index contributed by atoms with van der Waals surface area (Å²) in [6.45, 7) is 0.319. The molecule has 5 nitrogen and oxygen atoms in total. The average Bonchev–Trinajstić information content (AvgIpc) is 3.25. The zero-order valence-electron chi connectivity index (χ0n) is 13.4. The van der Waals surface area contributed by atoms with E-state index in [0.717, 1.165) is 11.1 Å². The number of aromatic nitrogens is 2. The first kappa shape index (κ1) is 17.5. The van der Waals surface area contributed by atoms with E-state index in [4.69, 9.17) is 4.74 Å². The molecule has 134 valence electrons. The highest BCUT2D eigenvalue weighted by molar-refractivity contribution is 5.81. The Hall–Kier alpha value is -2.35. The molecule has 0 bridgehead atoms. The van der Waals surface area contributed by atoms with Gasteiger partial charge >= 0.3 is 6.18 Å². The largest absolute Gasteiger partial charge is 0.394 e. The van der Waals surface area contributed by atoms with Gasteiger partial charge in [-0.25, -0.2) is 0 Å². The molecule has 1 saturated heterocycles. The highest BCUT2D eigenvalue weighted by Crippen LogP contribution is 2.35. The Morgan fingerprint density at radius 3 is 2.68 bits per heavy atom. The molecule has 1 aromatic heterocycles. The Kier molecular flexibility index (Phi) is 5.08. The Bertz CT molecular complexity index is 716. The van der Waals surface area contributed by atoms with E-state index in [2.05, 4.69) is 10.4 Å². The molecule has 0 saturated carbocycles. The fourth-order valence-corrected chi connectivity index (χ4v) is 2.79. The minimum Gasteiger partial charge on any atom is -0.368 e. The third-order valence-electron chi connectivity index (χ3n) is 4.22. The fraction of sp³-hybridized carbons (Fsp3) is 0.412. The molecule has 0 radical (unpaired) electrons. The van der Waals surface area contributed by atoms with Gasteiger partial charge in [-0.3, -0.25) is 9.48 Å². The highest BCUT2D eigenvalue weighted by atomic mass is 19.4. The van der Waals surface area contributed by atoms with Crippen molar-refractivity contribution in [3.63, 3.8) is 0 Å². The summed E-state index contributed by atoms with van der Waals surface area (Å²) < 4.78 is 44.8. The number of alkyl halides is 3. The number of halogens is 3. The first-order valence-electron chi connectivity index (χ1n) is 7.93. The maximum Gasteiger partial charge on any atom is 0.394 e. The molecule has 0 spiro atoms. The van der Waals surface area contributed by atoms with Gasteiger partial charge in [0.25, 0.3) is 0 Å². The molecule has 0 aliphatic carbocycles. The van der Waals surface area contributed by atoms with Gasteiger partial charge in [0.05, 0.1) is 19.1 Å². The molecule has 2 heterocycles. The zero-order chi connectivity index (χ0) is 17.9. The van der Waals surface area contributed by atoms with Gasteiger partial charge in [0.15, 0.2) is 0 Å². The number of benzene rings is 1. The van der Waals surface area contributed by atoms with E-state index in [-0.39, 0.29) is 13.0 Å². The molecule has 2 aromatic rings. The summed E-state index contributed by atoms with van der Waals surface area (Å²) in [5, 5.41) is 6.82. The van der Waals surface area contributed by atoms with Crippen molar-refractivity contribution in [2.24, 2.45) is 5.92 Å². The van der Waals surface area contributed by atoms with Crippen LogP contribution in [-0.4, -0.2) is 34.6 Å². The molecule has 8 heteroatoms. The summed E-state index contributed by atoms with van der Waals surface area (Å²) in [5.41, 5.74) is 1.86. The molecule has 1 aliphatic rings. The van der Waals surface area contributed by atoms with Crippen LogP contribution in [0.5, 0.6) is 0 Å². The van der Waals surface area contributed by atoms with E-state index in [0.29, 0.717) is 6.54 Å². The van der Waals surface area contributed by atoms with Crippen LogP contribution in [0.3, 0.4) is 0 Å². The van der Waals surface area contributed by atoms with Crippen LogP contribution in [0.4, 0.5) is 13.2 Å². The van der Waals surface area contributed by atoms with Crippen LogP contribution >= 0.6 is 0 Å². The number of hydrogen-bond acceptors (Lipinski definition) is 3. The van der Waals surface area contributed by atoms with Crippen molar-refractivity contribution in [3.05, 3.63) is 53.9 Å². The minimum absolute atomic E-state index is 0.229. The van der Waals surface area contributed by atoms with Gasteiger partial charge < -0.3 is 10.1 Å². The van der Waals surface area contributed by atoms with Gasteiger partial charge in [-0.15, -0.1) is 0 Å². The third kappa shape index (κ3) is 4.39. The van der Waals surface area contributed by atoms with Crippen molar-refractivity contribution in [1.29, 1.82) is 0 Å². The van der Waals surface area contributed by atoms with E-state index in [9.17, 15) is 18.0 Å². The first-order chi connectivity index (χ1) is 11.9. The fourth-order valence-electron chi connectivity index (χ4n) is 2.79. The topological polar surface area (TPSA) is 56.2 Å². The molecule has 1 aliphatic heterocycles. The van der Waals surface area contributed by atoms with Crippen LogP contribution < -0.4 is 5.32 Å². The van der Waals surface area contributed by atoms with E-state index in [1.807, 2.05) is 36.5 Å². The number of carbonyl (C=O) groups excluding carboxylic acids is 1. The maximum absolute atomic E-state index is 12.7. The van der Waals surface area contributed by atoms with E-state index < -0.39 is 30.7 Å². The first-order valence-corrected chi connectivity index (χ1v) is 7.93. The summed E-state index contributed by atoms with van der Waals surface area (Å²) in [6, 6.07) is 9.35. The van der Waals surface area contributed by atoms with E-state index in [1.165, 1.54) is 0 Å². The standard InChI is InChI=1S/C17H18F3N3O2/c18-17(19,20)14-8-15(25-11-14)16(24)21-9-12-4-1-2-5-13(12)10-23-7-3-6-22-23/h1-7,14-15H,8-11H2,(H,21,24). The molecule has 1 aromatic carbocycles. The number of carbonyl (C=O) groups is 1. The molecule has 1 fully saturated rings. The maximum atomic E-state index is 12.7. The molecule has 1 N–H and O–H groups in total. The van der Waals surface area contributed by atoms with Crippen LogP contribution in [0.1, 0.15) is 17.5 Å². The summed E-state index contributed by atoms with van der Waals surface area (Å²) in [7, 11) is 0. The summed E-state index contributed by atoms with van der Waals surface area (Å²) in [5.74, 6) is -2.09. The van der Waals surface area contributed by atoms with Crippen LogP contribution in [0.25, 0.3) is 0 Å². The predicted molar refractivity (Wildman–Crippen MR) is 83.5 cm³/mol. The SMILES string of the molecule is O=C(NCc1ccccc1Cn1cccn1)C1CC(C(F)(F)F)CO1. The second-order valence-electron chi connectivity index (χ2n) is 5.99. The number of amides is 1. The van der Waals surface area contributed by atoms with Crippen molar-refractivity contribution < 1.29 is 22.7 Å². The molecular formula is C17H18F3N3O2. The summed E-state index contributed by atoms with van der Waals surface area (Å²) in [6.07, 6.45) is -2.20. The van der Waals surface area contributed by atoms with E-state index >= 15 is 0 Å². The molecule has 2 unspecified atom stereocenters. The monoisotopic (exact) mass is 353 g/mol. The van der Waals surface area contributed by atoms with Crippen molar-refractivity contribution in [3.8, 4) is 0 Å². The molecular weight excluding hydrogens is 335 g/mol. The molecule has 2 atom stereocenters. The lowest BCUT2D eigenvalue weighted by Crippen LogP contribution is -2.34. The Labute approximate surface area is 142 Å². The molecule has 1 amide bonds. The van der Waals surface area contributed by atoms with Crippen molar-refractivity contribution in [2.45, 2.75) is 31.8 Å². The molecule has 3 rings (SSSR count). The lowest BCUT2D eigenvalue weighted by molar-refractivity contribution is -0.173. The number of ether oxygens (including phenoxy) is 1. The summed E-state index contributed by atoms with van der Waals surface area (Å²) >= 11 is 0. The zero-order valence-corrected chi connectivity index (χ0v) is 13.4. The lowest BCUT2D eigenvalue weighted by atomic mass is 10.0. The van der Waals surface area contributed by atoms with Crippen LogP contribution in [0, 0.1) is 5.92 Å². The summed E-state index contributed by atoms with van der Waals surface area (Å²) in [4.78, 5) is 12.1. The lowest BCUT2D eigenvalue weighted by Gasteiger charge is -2.14. The second-order valence-corrected chi connectivity index (χ2v) is 5.99. The second kappa shape index (κ2) is 7.26. The smallest absolute Gasteiger partial charge is 0.368 e. The number of nitrogens with one attached hydrogen (secondary N) is 1. The highest BCUT2D eigenvalue weighted by Gasteiger charge is 2.46. The predicted octanol–water partition coefficient (Wildman–Crippen LogP) is 2.52. The Morgan fingerprint density at radius 2 is 2.04 bits per heavy atom. The van der Waals surface area contributed by atoms with Gasteiger partial charge in [0.2, 0.25) is 5.91 Å². The van der Waals surface area contributed by atoms with E-state index in [1.54, 1.807) is 10.9 Å². The Balaban J connectivity index is 1.58. The van der Waals surface area contributed by atoms with Crippen molar-refractivity contribution >= 4 is 5.91 Å². The van der Waals surface area contributed by atoms with Crippen LogP contribution in [-0.2, 0) is 22.6 Å². The van der Waals surface area contributed by atoms with Crippen molar-refractivity contribution in [1.82, 2.24) is 15.1 Å². The van der Waals surface area contributed by atoms with Gasteiger partial charge in [-0.1, -0.05) is 24.3 Å². The Morgan fingerprint density at radius 1 is 1.28 bits per heavy atom. The van der Waals surface area contributed by atoms with Crippen LogP contribution in [0.2, 0.25) is 0 Å². The minimum atomic E-state index is -4.33. The third-order valence-corrected chi connectivity index (χ3v) is 4.22. The number of nitrogens with zero attached hydrogens (tertiary/aromatic N) is 2. The van der Waals surface area contributed by atoms with Crippen LogP contribution in [0.15, 0.2) is 42.7 Å². The van der Waals surface area contributed by atoms with Gasteiger partial charge in [0.1, 0.15) is 6.10 Å². The number of rotatable bonds is 5. The average molecular weight is 353 g/mol. The van der Waals surface area contributed by atoms with Crippen molar-refractivity contribution in [2.75, 3.05) is 6.61 Å². The normalized spacial score (nSPS) is 20.6.